The van der Waals surface area contributed by atoms with Gasteiger partial charge in [-0.1, -0.05) is 13.0 Å². The quantitative estimate of drug-likeness (QED) is 0.400. The van der Waals surface area contributed by atoms with Crippen molar-refractivity contribution in [2.75, 3.05) is 32.5 Å². The molecule has 37 heavy (non-hydrogen) atoms. The number of benzene rings is 1. The molecular weight excluding hydrogens is 480 g/mol. The van der Waals surface area contributed by atoms with Crippen molar-refractivity contribution in [3.8, 4) is 5.75 Å². The Labute approximate surface area is 226 Å². The van der Waals surface area contributed by atoms with Crippen LogP contribution in [0.2, 0.25) is 0 Å². The molecule has 1 heterocycles. The molecule has 0 aliphatic heterocycles. The van der Waals surface area contributed by atoms with E-state index in [1.165, 1.54) is 48.1 Å². The highest BCUT2D eigenvalue weighted by Crippen LogP contribution is 2.63. The minimum atomic E-state index is 0.0867. The number of aryl methyl sites for hydroxylation is 2. The highest BCUT2D eigenvalue weighted by molar-refractivity contribution is 7.15. The van der Waals surface area contributed by atoms with E-state index in [1.807, 2.05) is 25.3 Å². The molecule has 6 nitrogen and oxygen atoms in total. The average Bonchev–Trinajstić information content (AvgIpc) is 3.38. The van der Waals surface area contributed by atoms with Crippen LogP contribution in [-0.2, 0) is 11.2 Å². The van der Waals surface area contributed by atoms with E-state index in [9.17, 15) is 9.90 Å². The van der Waals surface area contributed by atoms with Gasteiger partial charge in [0.15, 0.2) is 5.13 Å². The fraction of sp³-hybridized carbons (Fsp3) is 0.667. The smallest absolute Gasteiger partial charge is 0.226 e. The van der Waals surface area contributed by atoms with Gasteiger partial charge < -0.3 is 20.6 Å². The number of hydrogen-bond acceptors (Lipinski definition) is 6. The third kappa shape index (κ3) is 5.59. The third-order valence-corrected chi connectivity index (χ3v) is 10.5. The Morgan fingerprint density at radius 3 is 2.89 bits per heavy atom. The Balaban J connectivity index is 1.30. The second kappa shape index (κ2) is 11.0. The SMILES string of the molecule is Cc1cnc(NC(=O)CCC[C@@H]2CC(NCCN(C)C)[C@@]3(C)CCC4c5ccc(O)cc5CCC4C23)s1. The van der Waals surface area contributed by atoms with E-state index in [4.69, 9.17) is 0 Å². The maximum atomic E-state index is 12.6. The number of carbonyl (C=O) groups is 1. The highest BCUT2D eigenvalue weighted by Gasteiger charge is 2.58. The van der Waals surface area contributed by atoms with Crippen LogP contribution >= 0.6 is 11.3 Å². The van der Waals surface area contributed by atoms with Crippen molar-refractivity contribution >= 4 is 22.4 Å². The fourth-order valence-corrected chi connectivity index (χ4v) is 8.74. The number of aromatic hydroxyl groups is 1. The first kappa shape index (κ1) is 26.6. The summed E-state index contributed by atoms with van der Waals surface area (Å²) in [6.07, 6.45) is 10.4. The zero-order valence-electron chi connectivity index (χ0n) is 22.9. The van der Waals surface area contributed by atoms with E-state index in [2.05, 4.69) is 47.6 Å². The van der Waals surface area contributed by atoms with Gasteiger partial charge in [0, 0.05) is 36.6 Å². The summed E-state index contributed by atoms with van der Waals surface area (Å²) >= 11 is 1.54. The van der Waals surface area contributed by atoms with E-state index in [0.29, 0.717) is 52.4 Å². The van der Waals surface area contributed by atoms with Gasteiger partial charge in [-0.3, -0.25) is 4.79 Å². The molecule has 3 aliphatic carbocycles. The minimum absolute atomic E-state index is 0.0867. The van der Waals surface area contributed by atoms with Crippen LogP contribution in [0, 0.1) is 30.1 Å². The first-order chi connectivity index (χ1) is 17.7. The summed E-state index contributed by atoms with van der Waals surface area (Å²) in [6, 6.07) is 6.62. The Bertz CT molecular complexity index is 1100. The summed E-state index contributed by atoms with van der Waals surface area (Å²) in [7, 11) is 4.29. The molecule has 0 bridgehead atoms. The Morgan fingerprint density at radius 1 is 1.30 bits per heavy atom. The van der Waals surface area contributed by atoms with Crippen LogP contribution < -0.4 is 10.6 Å². The van der Waals surface area contributed by atoms with Gasteiger partial charge in [-0.25, -0.2) is 4.98 Å². The van der Waals surface area contributed by atoms with Gasteiger partial charge in [0.2, 0.25) is 5.91 Å². The largest absolute Gasteiger partial charge is 0.508 e. The number of aromatic nitrogens is 1. The van der Waals surface area contributed by atoms with Crippen molar-refractivity contribution in [3.05, 3.63) is 40.4 Å². The normalized spacial score (nSPS) is 30.6. The molecule has 3 N–H and O–H groups in total. The topological polar surface area (TPSA) is 77.5 Å². The monoisotopic (exact) mass is 524 g/mol. The number of nitrogens with zero attached hydrogens (tertiary/aromatic N) is 2. The molecule has 5 rings (SSSR count). The second-order valence-corrected chi connectivity index (χ2v) is 13.5. The number of nitrogens with one attached hydrogen (secondary N) is 2. The zero-order chi connectivity index (χ0) is 26.2. The molecule has 202 valence electrons. The van der Waals surface area contributed by atoms with E-state index in [1.54, 1.807) is 0 Å². The van der Waals surface area contributed by atoms with Crippen LogP contribution in [0.1, 0.15) is 73.8 Å². The molecule has 0 radical (unpaired) electrons. The number of thiazole rings is 1. The number of anilines is 1. The summed E-state index contributed by atoms with van der Waals surface area (Å²) < 4.78 is 0. The van der Waals surface area contributed by atoms with E-state index >= 15 is 0 Å². The lowest BCUT2D eigenvalue weighted by Gasteiger charge is -2.52. The van der Waals surface area contributed by atoms with Crippen LogP contribution in [0.15, 0.2) is 24.4 Å². The maximum absolute atomic E-state index is 12.6. The van der Waals surface area contributed by atoms with Crippen molar-refractivity contribution in [2.24, 2.45) is 23.2 Å². The summed E-state index contributed by atoms with van der Waals surface area (Å²) in [5, 5.41) is 17.7. The first-order valence-corrected chi connectivity index (χ1v) is 15.0. The molecule has 7 heteroatoms. The lowest BCUT2D eigenvalue weighted by Crippen LogP contribution is -2.50. The van der Waals surface area contributed by atoms with Gasteiger partial charge in [-0.2, -0.15) is 0 Å². The number of phenolic OH excluding ortho intramolecular Hbond substituents is 1. The van der Waals surface area contributed by atoms with Crippen molar-refractivity contribution in [3.63, 3.8) is 0 Å². The molecule has 3 aliphatic rings. The van der Waals surface area contributed by atoms with Crippen LogP contribution in [0.25, 0.3) is 0 Å². The molecule has 2 saturated carbocycles. The van der Waals surface area contributed by atoms with Crippen molar-refractivity contribution in [1.82, 2.24) is 15.2 Å². The van der Waals surface area contributed by atoms with Gasteiger partial charge in [-0.15, -0.1) is 11.3 Å². The zero-order valence-corrected chi connectivity index (χ0v) is 23.7. The maximum Gasteiger partial charge on any atom is 0.226 e. The Kier molecular flexibility index (Phi) is 7.94. The van der Waals surface area contributed by atoms with Crippen LogP contribution in [-0.4, -0.2) is 54.1 Å². The summed E-state index contributed by atoms with van der Waals surface area (Å²) in [4.78, 5) is 20.3. The molecule has 2 aromatic rings. The summed E-state index contributed by atoms with van der Waals surface area (Å²) in [5.41, 5.74) is 3.14. The molecule has 2 fully saturated rings. The number of carbonyl (C=O) groups excluding carboxylic acids is 1. The predicted octanol–water partition coefficient (Wildman–Crippen LogP) is 5.57. The lowest BCUT2D eigenvalue weighted by atomic mass is 9.53. The van der Waals surface area contributed by atoms with Crippen molar-refractivity contribution in [1.29, 1.82) is 0 Å². The second-order valence-electron chi connectivity index (χ2n) is 12.3. The van der Waals surface area contributed by atoms with Gasteiger partial charge in [-0.05, 0) is 118 Å². The number of fused-ring (bicyclic) bond motifs is 5. The van der Waals surface area contributed by atoms with Crippen LogP contribution in [0.5, 0.6) is 5.75 Å². The molecular formula is C30H44N4O2S. The van der Waals surface area contributed by atoms with Gasteiger partial charge >= 0.3 is 0 Å². The summed E-state index contributed by atoms with van der Waals surface area (Å²) in [5.74, 6) is 3.09. The third-order valence-electron chi connectivity index (χ3n) is 9.65. The average molecular weight is 525 g/mol. The molecule has 4 unspecified atom stereocenters. The molecule has 6 atom stereocenters. The lowest BCUT2D eigenvalue weighted by molar-refractivity contribution is -0.116. The molecule has 1 aromatic carbocycles. The Hall–Kier alpha value is -1.96. The van der Waals surface area contributed by atoms with E-state index in [-0.39, 0.29) is 5.91 Å². The van der Waals surface area contributed by atoms with Gasteiger partial charge in [0.1, 0.15) is 5.75 Å². The molecule has 0 spiro atoms. The Morgan fingerprint density at radius 2 is 2.14 bits per heavy atom. The number of phenols is 1. The van der Waals surface area contributed by atoms with E-state index in [0.717, 1.165) is 37.2 Å². The number of hydrogen-bond donors (Lipinski definition) is 3. The standard InChI is InChI=1S/C30H44N4O2S/c1-19-18-32-29(37-19)33-27(36)7-5-6-21-17-26(31-14-15-34(3)4)30(2)13-12-24-23-11-9-22(35)16-20(23)8-10-25(24)28(21)30/h9,11,16,18,21,24-26,28,31,35H,5-8,10,12-15,17H2,1-4H3,(H,32,33,36)/t21-,24?,25?,26?,28?,30-/m1/s1. The van der Waals surface area contributed by atoms with Crippen LogP contribution in [0.3, 0.4) is 0 Å². The highest BCUT2D eigenvalue weighted by atomic mass is 32.1. The van der Waals surface area contributed by atoms with Crippen molar-refractivity contribution in [2.45, 2.75) is 77.2 Å². The van der Waals surface area contributed by atoms with Crippen LogP contribution in [0.4, 0.5) is 5.13 Å². The molecule has 1 aromatic heterocycles. The van der Waals surface area contributed by atoms with Gasteiger partial charge in [0.25, 0.3) is 0 Å². The molecule has 1 amide bonds. The number of likely N-dealkylation sites (N-methyl/N-ethyl adjacent to an activating group) is 1. The summed E-state index contributed by atoms with van der Waals surface area (Å²) in [6.45, 7) is 6.65. The minimum Gasteiger partial charge on any atom is -0.508 e. The number of amides is 1. The van der Waals surface area contributed by atoms with Gasteiger partial charge in [0.05, 0.1) is 0 Å². The fourth-order valence-electron chi connectivity index (χ4n) is 8.05. The first-order valence-electron chi connectivity index (χ1n) is 14.2. The van der Waals surface area contributed by atoms with Crippen molar-refractivity contribution < 1.29 is 9.90 Å². The number of rotatable bonds is 9. The predicted molar refractivity (Wildman–Crippen MR) is 151 cm³/mol. The van der Waals surface area contributed by atoms with E-state index < -0.39 is 0 Å². The molecule has 0 saturated heterocycles.